The molecule has 0 aromatic carbocycles. The Bertz CT molecular complexity index is 526. The van der Waals surface area contributed by atoms with Crippen LogP contribution >= 0.6 is 11.3 Å². The lowest BCUT2D eigenvalue weighted by Crippen LogP contribution is -2.27. The molecule has 0 bridgehead atoms. The number of rotatable bonds is 4. The molecular weight excluding hydrogens is 248 g/mol. The van der Waals surface area contributed by atoms with Crippen LogP contribution in [0.5, 0.6) is 0 Å². The van der Waals surface area contributed by atoms with Crippen LogP contribution < -0.4 is 11.1 Å². The van der Waals surface area contributed by atoms with E-state index in [1.807, 2.05) is 19.1 Å². The van der Waals surface area contributed by atoms with Gasteiger partial charge in [-0.3, -0.25) is 9.78 Å². The summed E-state index contributed by atoms with van der Waals surface area (Å²) in [4.78, 5) is 20.4. The van der Waals surface area contributed by atoms with Crippen molar-refractivity contribution < 1.29 is 4.79 Å². The van der Waals surface area contributed by atoms with Gasteiger partial charge in [-0.2, -0.15) is 0 Å². The van der Waals surface area contributed by atoms with Crippen molar-refractivity contribution in [1.82, 2.24) is 15.3 Å². The largest absolute Gasteiger partial charge is 0.375 e. The summed E-state index contributed by atoms with van der Waals surface area (Å²) in [5.74, 6) is -0.145. The molecule has 1 unspecified atom stereocenters. The van der Waals surface area contributed by atoms with E-state index in [0.717, 1.165) is 12.0 Å². The Morgan fingerprint density at radius 2 is 2.22 bits per heavy atom. The Balaban J connectivity index is 2.10. The number of carbonyl (C=O) groups is 1. The van der Waals surface area contributed by atoms with Crippen LogP contribution in [0.25, 0.3) is 0 Å². The first-order chi connectivity index (χ1) is 8.70. The van der Waals surface area contributed by atoms with Crippen molar-refractivity contribution in [3.05, 3.63) is 41.2 Å². The highest BCUT2D eigenvalue weighted by Crippen LogP contribution is 2.19. The Hall–Kier alpha value is -1.95. The van der Waals surface area contributed by atoms with E-state index in [9.17, 15) is 4.79 Å². The van der Waals surface area contributed by atoms with Crippen molar-refractivity contribution in [2.24, 2.45) is 0 Å². The summed E-state index contributed by atoms with van der Waals surface area (Å²) in [6.07, 6.45) is 5.74. The van der Waals surface area contributed by atoms with Gasteiger partial charge in [-0.25, -0.2) is 4.98 Å². The molecular formula is C12H14N4OS. The maximum absolute atomic E-state index is 12.0. The quantitative estimate of drug-likeness (QED) is 0.883. The third-order valence-corrected chi connectivity index (χ3v) is 3.39. The number of anilines is 1. The molecule has 0 saturated heterocycles. The van der Waals surface area contributed by atoms with Crippen molar-refractivity contribution in [2.75, 3.05) is 5.73 Å². The van der Waals surface area contributed by atoms with Gasteiger partial charge in [0, 0.05) is 12.4 Å². The van der Waals surface area contributed by atoms with Crippen LogP contribution in [-0.2, 0) is 0 Å². The molecule has 0 spiro atoms. The second-order valence-electron chi connectivity index (χ2n) is 3.78. The number of nitrogen functional groups attached to an aromatic ring is 1. The molecule has 2 rings (SSSR count). The number of nitrogens with two attached hydrogens (primary N) is 1. The third kappa shape index (κ3) is 2.84. The number of nitrogens with zero attached hydrogens (tertiary/aromatic N) is 2. The van der Waals surface area contributed by atoms with E-state index >= 15 is 0 Å². The van der Waals surface area contributed by atoms with Gasteiger partial charge >= 0.3 is 0 Å². The number of hydrogen-bond acceptors (Lipinski definition) is 5. The molecule has 3 N–H and O–H groups in total. The van der Waals surface area contributed by atoms with Crippen LogP contribution in [0.1, 0.15) is 34.6 Å². The lowest BCUT2D eigenvalue weighted by Gasteiger charge is -2.16. The van der Waals surface area contributed by atoms with Gasteiger partial charge in [0.15, 0.2) is 5.13 Å². The summed E-state index contributed by atoms with van der Waals surface area (Å²) in [7, 11) is 0. The lowest BCUT2D eigenvalue weighted by molar-refractivity contribution is 0.0939. The van der Waals surface area contributed by atoms with Crippen LogP contribution in [0, 0.1) is 0 Å². The second kappa shape index (κ2) is 5.59. The van der Waals surface area contributed by atoms with Crippen LogP contribution in [-0.4, -0.2) is 15.9 Å². The van der Waals surface area contributed by atoms with Gasteiger partial charge in [0.2, 0.25) is 0 Å². The Morgan fingerprint density at radius 3 is 2.78 bits per heavy atom. The normalized spacial score (nSPS) is 12.1. The highest BCUT2D eigenvalue weighted by molar-refractivity contribution is 7.17. The van der Waals surface area contributed by atoms with E-state index in [0.29, 0.717) is 10.0 Å². The molecule has 0 aliphatic heterocycles. The zero-order valence-electron chi connectivity index (χ0n) is 9.96. The minimum atomic E-state index is -0.145. The van der Waals surface area contributed by atoms with E-state index < -0.39 is 0 Å². The van der Waals surface area contributed by atoms with E-state index in [1.165, 1.54) is 17.5 Å². The SMILES string of the molecule is CCC(NC(=O)c1cnc(N)s1)c1ccncc1. The van der Waals surface area contributed by atoms with Crippen molar-refractivity contribution in [1.29, 1.82) is 0 Å². The summed E-state index contributed by atoms with van der Waals surface area (Å²) in [5.41, 5.74) is 6.55. The highest BCUT2D eigenvalue weighted by Gasteiger charge is 2.15. The van der Waals surface area contributed by atoms with Gasteiger partial charge in [-0.05, 0) is 24.1 Å². The first-order valence-electron chi connectivity index (χ1n) is 5.62. The molecule has 1 atom stereocenters. The fraction of sp³-hybridized carbons (Fsp3) is 0.250. The summed E-state index contributed by atoms with van der Waals surface area (Å²) < 4.78 is 0. The standard InChI is InChI=1S/C12H14N4OS/c1-2-9(8-3-5-14-6-4-8)16-11(17)10-7-15-12(13)18-10/h3-7,9H,2H2,1H3,(H2,13,15)(H,16,17). The minimum absolute atomic E-state index is 0.0242. The molecule has 5 nitrogen and oxygen atoms in total. The molecule has 0 aliphatic rings. The first-order valence-corrected chi connectivity index (χ1v) is 6.44. The van der Waals surface area contributed by atoms with Gasteiger partial charge in [0.1, 0.15) is 4.88 Å². The Kier molecular flexibility index (Phi) is 3.88. The molecule has 0 saturated carbocycles. The van der Waals surface area contributed by atoms with Gasteiger partial charge in [-0.1, -0.05) is 18.3 Å². The second-order valence-corrected chi connectivity index (χ2v) is 4.84. The number of pyridine rings is 1. The van der Waals surface area contributed by atoms with E-state index in [2.05, 4.69) is 15.3 Å². The summed E-state index contributed by atoms with van der Waals surface area (Å²) in [6, 6.07) is 3.77. The molecule has 0 fully saturated rings. The van der Waals surface area contributed by atoms with Crippen molar-refractivity contribution in [3.63, 3.8) is 0 Å². The van der Waals surface area contributed by atoms with Crippen LogP contribution in [0.3, 0.4) is 0 Å². The third-order valence-electron chi connectivity index (χ3n) is 2.57. The molecule has 94 valence electrons. The van der Waals surface area contributed by atoms with Crippen molar-refractivity contribution in [3.8, 4) is 0 Å². The molecule has 1 amide bonds. The number of amides is 1. The predicted octanol–water partition coefficient (Wildman–Crippen LogP) is 2.00. The van der Waals surface area contributed by atoms with Gasteiger partial charge in [-0.15, -0.1) is 0 Å². The molecule has 2 aromatic heterocycles. The van der Waals surface area contributed by atoms with Crippen LogP contribution in [0.4, 0.5) is 5.13 Å². The molecule has 2 aromatic rings. The van der Waals surface area contributed by atoms with Gasteiger partial charge in [0.25, 0.3) is 5.91 Å². The fourth-order valence-corrected chi connectivity index (χ4v) is 2.23. The van der Waals surface area contributed by atoms with Crippen LogP contribution in [0.15, 0.2) is 30.7 Å². The summed E-state index contributed by atoms with van der Waals surface area (Å²) in [6.45, 7) is 2.02. The number of hydrogen-bond donors (Lipinski definition) is 2. The predicted molar refractivity (Wildman–Crippen MR) is 71.3 cm³/mol. The van der Waals surface area contributed by atoms with Gasteiger partial charge < -0.3 is 11.1 Å². The van der Waals surface area contributed by atoms with Crippen molar-refractivity contribution in [2.45, 2.75) is 19.4 Å². The monoisotopic (exact) mass is 262 g/mol. The average Bonchev–Trinajstić information content (AvgIpc) is 2.83. The first kappa shape index (κ1) is 12.5. The topological polar surface area (TPSA) is 80.9 Å². The maximum atomic E-state index is 12.0. The fourth-order valence-electron chi connectivity index (χ4n) is 1.64. The van der Waals surface area contributed by atoms with Crippen LogP contribution in [0.2, 0.25) is 0 Å². The summed E-state index contributed by atoms with van der Waals surface area (Å²) in [5, 5.41) is 3.36. The van der Waals surface area contributed by atoms with Crippen molar-refractivity contribution >= 4 is 22.4 Å². The van der Waals surface area contributed by atoms with E-state index in [1.54, 1.807) is 12.4 Å². The zero-order valence-corrected chi connectivity index (χ0v) is 10.8. The minimum Gasteiger partial charge on any atom is -0.375 e. The maximum Gasteiger partial charge on any atom is 0.263 e. The summed E-state index contributed by atoms with van der Waals surface area (Å²) >= 11 is 1.19. The lowest BCUT2D eigenvalue weighted by atomic mass is 10.1. The Labute approximate surface area is 109 Å². The number of thiazole rings is 1. The Morgan fingerprint density at radius 1 is 1.50 bits per heavy atom. The zero-order chi connectivity index (χ0) is 13.0. The highest BCUT2D eigenvalue weighted by atomic mass is 32.1. The number of carbonyl (C=O) groups excluding carboxylic acids is 1. The number of nitrogens with one attached hydrogen (secondary N) is 1. The number of aromatic nitrogens is 2. The molecule has 0 radical (unpaired) electrons. The molecule has 0 aliphatic carbocycles. The smallest absolute Gasteiger partial charge is 0.263 e. The van der Waals surface area contributed by atoms with Gasteiger partial charge in [0.05, 0.1) is 12.2 Å². The molecule has 6 heteroatoms. The van der Waals surface area contributed by atoms with E-state index in [-0.39, 0.29) is 11.9 Å². The molecule has 18 heavy (non-hydrogen) atoms. The molecule has 2 heterocycles. The van der Waals surface area contributed by atoms with E-state index in [4.69, 9.17) is 5.73 Å². The average molecular weight is 262 g/mol.